The first-order chi connectivity index (χ1) is 13.2. The Kier molecular flexibility index (Phi) is 5.53. The number of halogens is 1. The zero-order chi connectivity index (χ0) is 18.6. The second-order valence-electron chi connectivity index (χ2n) is 7.24. The van der Waals surface area contributed by atoms with Crippen LogP contribution in [0.25, 0.3) is 0 Å². The molecule has 6 nitrogen and oxygen atoms in total. The second-order valence-corrected chi connectivity index (χ2v) is 7.68. The Bertz CT molecular complexity index is 766. The number of rotatable bonds is 4. The SMILES string of the molecule is NC(=NCCc1cn2c(n1)CCCC2)N1CCN(c2ccc(Cl)cc2)CC1. The summed E-state index contributed by atoms with van der Waals surface area (Å²) in [5.74, 6) is 1.88. The number of anilines is 1. The monoisotopic (exact) mass is 386 g/mol. The van der Waals surface area contributed by atoms with Crippen LogP contribution in [0.4, 0.5) is 5.69 Å². The maximum absolute atomic E-state index is 6.23. The van der Waals surface area contributed by atoms with E-state index in [1.807, 2.05) is 12.1 Å². The van der Waals surface area contributed by atoms with Gasteiger partial charge in [-0.1, -0.05) is 11.6 Å². The van der Waals surface area contributed by atoms with Gasteiger partial charge in [0.1, 0.15) is 5.82 Å². The lowest BCUT2D eigenvalue weighted by Crippen LogP contribution is -2.51. The van der Waals surface area contributed by atoms with Crippen molar-refractivity contribution in [3.8, 4) is 0 Å². The van der Waals surface area contributed by atoms with E-state index in [2.05, 4.69) is 37.7 Å². The quantitative estimate of drug-likeness (QED) is 0.648. The van der Waals surface area contributed by atoms with Crippen LogP contribution in [0.1, 0.15) is 24.4 Å². The Morgan fingerprint density at radius 3 is 2.59 bits per heavy atom. The first kappa shape index (κ1) is 18.2. The molecule has 0 spiro atoms. The van der Waals surface area contributed by atoms with Crippen LogP contribution in [-0.2, 0) is 19.4 Å². The maximum atomic E-state index is 6.23. The van der Waals surface area contributed by atoms with Crippen molar-refractivity contribution in [3.05, 3.63) is 47.0 Å². The van der Waals surface area contributed by atoms with Gasteiger partial charge < -0.3 is 20.1 Å². The van der Waals surface area contributed by atoms with E-state index in [9.17, 15) is 0 Å². The highest BCUT2D eigenvalue weighted by Crippen LogP contribution is 2.19. The zero-order valence-corrected chi connectivity index (χ0v) is 16.4. The number of nitrogens with two attached hydrogens (primary N) is 1. The largest absolute Gasteiger partial charge is 0.370 e. The number of imidazole rings is 1. The van der Waals surface area contributed by atoms with Crippen molar-refractivity contribution in [2.75, 3.05) is 37.6 Å². The van der Waals surface area contributed by atoms with Gasteiger partial charge in [0.2, 0.25) is 0 Å². The minimum atomic E-state index is 0.648. The molecule has 2 N–H and O–H groups in total. The van der Waals surface area contributed by atoms with Crippen LogP contribution in [0.3, 0.4) is 0 Å². The Morgan fingerprint density at radius 1 is 1.07 bits per heavy atom. The molecule has 1 aromatic heterocycles. The van der Waals surface area contributed by atoms with Crippen LogP contribution in [0.2, 0.25) is 5.02 Å². The highest BCUT2D eigenvalue weighted by atomic mass is 35.5. The summed E-state index contributed by atoms with van der Waals surface area (Å²) >= 11 is 5.97. The van der Waals surface area contributed by atoms with E-state index in [0.717, 1.165) is 56.3 Å². The summed E-state index contributed by atoms with van der Waals surface area (Å²) in [6.07, 6.45) is 6.65. The molecule has 27 heavy (non-hydrogen) atoms. The summed E-state index contributed by atoms with van der Waals surface area (Å²) in [7, 11) is 0. The summed E-state index contributed by atoms with van der Waals surface area (Å²) in [5.41, 5.74) is 8.57. The van der Waals surface area contributed by atoms with Crippen LogP contribution in [-0.4, -0.2) is 53.1 Å². The lowest BCUT2D eigenvalue weighted by Gasteiger charge is -2.36. The smallest absolute Gasteiger partial charge is 0.191 e. The van der Waals surface area contributed by atoms with Gasteiger partial charge in [-0.25, -0.2) is 4.98 Å². The first-order valence-corrected chi connectivity index (χ1v) is 10.2. The highest BCUT2D eigenvalue weighted by molar-refractivity contribution is 6.30. The predicted octanol–water partition coefficient (Wildman–Crippen LogP) is 2.55. The standard InChI is InChI=1S/C20H27ClN6/c21-16-4-6-18(7-5-16)25-11-13-26(14-12-25)20(22)23-9-8-17-15-27-10-2-1-3-19(27)24-17/h4-7,15H,1-3,8-14H2,(H2,22,23). The third-order valence-electron chi connectivity index (χ3n) is 5.40. The number of aryl methyl sites for hydroxylation is 2. The van der Waals surface area contributed by atoms with E-state index in [1.54, 1.807) is 0 Å². The Labute approximate surface area is 165 Å². The van der Waals surface area contributed by atoms with E-state index in [1.165, 1.54) is 24.4 Å². The number of aromatic nitrogens is 2. The minimum Gasteiger partial charge on any atom is -0.370 e. The van der Waals surface area contributed by atoms with E-state index < -0.39 is 0 Å². The van der Waals surface area contributed by atoms with Gasteiger partial charge >= 0.3 is 0 Å². The third-order valence-corrected chi connectivity index (χ3v) is 5.65. The summed E-state index contributed by atoms with van der Waals surface area (Å²) in [6.45, 7) is 5.44. The molecule has 1 saturated heterocycles. The van der Waals surface area contributed by atoms with Crippen molar-refractivity contribution in [2.45, 2.75) is 32.2 Å². The Morgan fingerprint density at radius 2 is 1.85 bits per heavy atom. The maximum Gasteiger partial charge on any atom is 0.191 e. The molecule has 0 amide bonds. The highest BCUT2D eigenvalue weighted by Gasteiger charge is 2.18. The van der Waals surface area contributed by atoms with Crippen molar-refractivity contribution < 1.29 is 0 Å². The number of benzene rings is 1. The molecule has 144 valence electrons. The first-order valence-electron chi connectivity index (χ1n) is 9.79. The molecule has 1 aromatic carbocycles. The number of fused-ring (bicyclic) bond motifs is 1. The number of piperazine rings is 1. The molecule has 0 unspecified atom stereocenters. The molecular weight excluding hydrogens is 360 g/mol. The molecule has 2 aliphatic rings. The summed E-state index contributed by atoms with van der Waals surface area (Å²) in [6, 6.07) is 8.01. The van der Waals surface area contributed by atoms with Crippen molar-refractivity contribution in [3.63, 3.8) is 0 Å². The fraction of sp³-hybridized carbons (Fsp3) is 0.500. The van der Waals surface area contributed by atoms with E-state index >= 15 is 0 Å². The van der Waals surface area contributed by atoms with Gasteiger partial charge in [0.15, 0.2) is 5.96 Å². The van der Waals surface area contributed by atoms with Crippen LogP contribution >= 0.6 is 11.6 Å². The number of nitrogens with zero attached hydrogens (tertiary/aromatic N) is 5. The molecule has 0 radical (unpaired) electrons. The van der Waals surface area contributed by atoms with Crippen LogP contribution in [0, 0.1) is 0 Å². The van der Waals surface area contributed by atoms with Crippen LogP contribution < -0.4 is 10.6 Å². The fourth-order valence-corrected chi connectivity index (χ4v) is 3.95. The normalized spacial score (nSPS) is 17.9. The van der Waals surface area contributed by atoms with E-state index in [4.69, 9.17) is 22.3 Å². The predicted molar refractivity (Wildman–Crippen MR) is 111 cm³/mol. The van der Waals surface area contributed by atoms with Gasteiger partial charge in [-0.3, -0.25) is 4.99 Å². The van der Waals surface area contributed by atoms with Crippen molar-refractivity contribution in [1.29, 1.82) is 0 Å². The van der Waals surface area contributed by atoms with Gasteiger partial charge in [-0.05, 0) is 37.1 Å². The van der Waals surface area contributed by atoms with Crippen molar-refractivity contribution >= 4 is 23.2 Å². The van der Waals surface area contributed by atoms with Gasteiger partial charge in [0, 0.05) is 69.0 Å². The number of hydrogen-bond donors (Lipinski definition) is 1. The number of aliphatic imine (C=N–C) groups is 1. The fourth-order valence-electron chi connectivity index (χ4n) is 3.82. The van der Waals surface area contributed by atoms with Gasteiger partial charge in [-0.15, -0.1) is 0 Å². The average Bonchev–Trinajstić information content (AvgIpc) is 3.11. The molecule has 0 atom stereocenters. The molecule has 0 aliphatic carbocycles. The van der Waals surface area contributed by atoms with Gasteiger partial charge in [-0.2, -0.15) is 0 Å². The zero-order valence-electron chi connectivity index (χ0n) is 15.6. The average molecular weight is 387 g/mol. The number of guanidine groups is 1. The number of hydrogen-bond acceptors (Lipinski definition) is 3. The van der Waals surface area contributed by atoms with Crippen molar-refractivity contribution in [2.24, 2.45) is 10.7 Å². The molecular formula is C20H27ClN6. The Hall–Kier alpha value is -2.21. The van der Waals surface area contributed by atoms with Crippen LogP contribution in [0.5, 0.6) is 0 Å². The van der Waals surface area contributed by atoms with E-state index in [0.29, 0.717) is 12.5 Å². The minimum absolute atomic E-state index is 0.648. The lowest BCUT2D eigenvalue weighted by atomic mass is 10.2. The lowest BCUT2D eigenvalue weighted by molar-refractivity contribution is 0.381. The molecule has 7 heteroatoms. The van der Waals surface area contributed by atoms with Crippen LogP contribution in [0.15, 0.2) is 35.5 Å². The molecule has 0 saturated carbocycles. The molecule has 3 heterocycles. The Balaban J connectivity index is 1.26. The molecule has 0 bridgehead atoms. The van der Waals surface area contributed by atoms with Gasteiger partial charge in [0.25, 0.3) is 0 Å². The van der Waals surface area contributed by atoms with Crippen molar-refractivity contribution in [1.82, 2.24) is 14.5 Å². The summed E-state index contributed by atoms with van der Waals surface area (Å²) in [4.78, 5) is 13.9. The molecule has 2 aromatic rings. The topological polar surface area (TPSA) is 62.7 Å². The van der Waals surface area contributed by atoms with Gasteiger partial charge in [0.05, 0.1) is 5.69 Å². The molecule has 4 rings (SSSR count). The molecule has 1 fully saturated rings. The summed E-state index contributed by atoms with van der Waals surface area (Å²) in [5, 5.41) is 0.771. The summed E-state index contributed by atoms with van der Waals surface area (Å²) < 4.78 is 2.29. The third kappa shape index (κ3) is 4.38. The second kappa shape index (κ2) is 8.21. The molecule has 2 aliphatic heterocycles. The van der Waals surface area contributed by atoms with E-state index in [-0.39, 0.29) is 0 Å².